The minimum atomic E-state index is -0.199. The summed E-state index contributed by atoms with van der Waals surface area (Å²) >= 11 is 0. The minimum Gasteiger partial charge on any atom is -0.392 e. The van der Waals surface area contributed by atoms with Gasteiger partial charge in [0, 0.05) is 0 Å². The molecule has 1 aromatic rings. The zero-order valence-electron chi connectivity index (χ0n) is 11.6. The van der Waals surface area contributed by atoms with Gasteiger partial charge in [0.2, 0.25) is 0 Å². The van der Waals surface area contributed by atoms with Gasteiger partial charge in [-0.3, -0.25) is 0 Å². The second-order valence-corrected chi connectivity index (χ2v) is 5.24. The zero-order valence-corrected chi connectivity index (χ0v) is 11.6. The molecule has 0 aliphatic carbocycles. The lowest BCUT2D eigenvalue weighted by Crippen LogP contribution is -2.21. The summed E-state index contributed by atoms with van der Waals surface area (Å²) < 4.78 is 0. The molecule has 1 heteroatoms. The molecule has 0 saturated heterocycles. The first-order valence-electron chi connectivity index (χ1n) is 6.85. The van der Waals surface area contributed by atoms with Crippen LogP contribution in [0.15, 0.2) is 24.3 Å². The average molecular weight is 234 g/mol. The van der Waals surface area contributed by atoms with Crippen molar-refractivity contribution in [2.24, 2.45) is 5.92 Å². The van der Waals surface area contributed by atoms with Crippen molar-refractivity contribution in [1.29, 1.82) is 0 Å². The molecule has 0 aliphatic rings. The minimum absolute atomic E-state index is 0.199. The Bertz CT molecular complexity index is 309. The summed E-state index contributed by atoms with van der Waals surface area (Å²) in [6, 6.07) is 8.67. The molecule has 1 N–H and O–H groups in total. The molecular formula is C16H26O. The lowest BCUT2D eigenvalue weighted by atomic mass is 9.91. The Morgan fingerprint density at radius 3 is 1.94 bits per heavy atom. The van der Waals surface area contributed by atoms with E-state index in [1.54, 1.807) is 0 Å². The van der Waals surface area contributed by atoms with Crippen LogP contribution in [0.3, 0.4) is 0 Å². The number of aliphatic hydroxyl groups excluding tert-OH is 1. The largest absolute Gasteiger partial charge is 0.392 e. The Hall–Kier alpha value is -0.820. The van der Waals surface area contributed by atoms with E-state index in [1.807, 2.05) is 0 Å². The summed E-state index contributed by atoms with van der Waals surface area (Å²) in [6.07, 6.45) is 2.70. The van der Waals surface area contributed by atoms with Crippen molar-refractivity contribution >= 4 is 0 Å². The van der Waals surface area contributed by atoms with Gasteiger partial charge in [0.15, 0.2) is 0 Å². The summed E-state index contributed by atoms with van der Waals surface area (Å²) in [5, 5.41) is 10.1. The van der Waals surface area contributed by atoms with Crippen LogP contribution in [0.2, 0.25) is 0 Å². The van der Waals surface area contributed by atoms with E-state index >= 15 is 0 Å². The summed E-state index contributed by atoms with van der Waals surface area (Å²) in [5.41, 5.74) is 2.61. The molecule has 0 spiro atoms. The first kappa shape index (κ1) is 14.2. The first-order chi connectivity index (χ1) is 8.08. The van der Waals surface area contributed by atoms with Gasteiger partial charge in [-0.2, -0.15) is 0 Å². The molecule has 96 valence electrons. The van der Waals surface area contributed by atoms with Gasteiger partial charge in [-0.05, 0) is 29.4 Å². The SMILES string of the molecule is CCC(CC)C(O)Cc1ccc(C(C)C)cc1. The fourth-order valence-electron chi connectivity index (χ4n) is 2.28. The van der Waals surface area contributed by atoms with Crippen LogP contribution in [0.1, 0.15) is 57.6 Å². The van der Waals surface area contributed by atoms with E-state index in [2.05, 4.69) is 52.0 Å². The van der Waals surface area contributed by atoms with Crippen molar-refractivity contribution in [2.45, 2.75) is 59.0 Å². The van der Waals surface area contributed by atoms with Gasteiger partial charge < -0.3 is 5.11 Å². The predicted octanol–water partition coefficient (Wildman–Crippen LogP) is 4.15. The molecule has 1 atom stereocenters. The van der Waals surface area contributed by atoms with Crippen molar-refractivity contribution < 1.29 is 5.11 Å². The Morgan fingerprint density at radius 2 is 1.53 bits per heavy atom. The molecular weight excluding hydrogens is 208 g/mol. The third-order valence-electron chi connectivity index (χ3n) is 3.68. The Morgan fingerprint density at radius 1 is 1.00 bits per heavy atom. The highest BCUT2D eigenvalue weighted by Gasteiger charge is 2.15. The van der Waals surface area contributed by atoms with Crippen LogP contribution in [0.5, 0.6) is 0 Å². The highest BCUT2D eigenvalue weighted by Crippen LogP contribution is 2.19. The van der Waals surface area contributed by atoms with Crippen molar-refractivity contribution in [2.75, 3.05) is 0 Å². The van der Waals surface area contributed by atoms with Crippen LogP contribution in [0.4, 0.5) is 0 Å². The molecule has 0 aliphatic heterocycles. The number of benzene rings is 1. The molecule has 0 fully saturated rings. The maximum Gasteiger partial charge on any atom is 0.0608 e. The Kier molecular flexibility index (Phi) is 5.70. The lowest BCUT2D eigenvalue weighted by Gasteiger charge is -2.20. The number of hydrogen-bond donors (Lipinski definition) is 1. The van der Waals surface area contributed by atoms with Crippen LogP contribution >= 0.6 is 0 Å². The maximum absolute atomic E-state index is 10.1. The normalized spacial score (nSPS) is 13.4. The first-order valence-corrected chi connectivity index (χ1v) is 6.85. The topological polar surface area (TPSA) is 20.2 Å². The monoisotopic (exact) mass is 234 g/mol. The van der Waals surface area contributed by atoms with Gasteiger partial charge in [0.25, 0.3) is 0 Å². The van der Waals surface area contributed by atoms with Gasteiger partial charge in [-0.15, -0.1) is 0 Å². The van der Waals surface area contributed by atoms with Crippen molar-refractivity contribution in [1.82, 2.24) is 0 Å². The smallest absolute Gasteiger partial charge is 0.0608 e. The zero-order chi connectivity index (χ0) is 12.8. The maximum atomic E-state index is 10.1. The van der Waals surface area contributed by atoms with Crippen LogP contribution in [0, 0.1) is 5.92 Å². The van der Waals surface area contributed by atoms with Crippen LogP contribution in [0.25, 0.3) is 0 Å². The summed E-state index contributed by atoms with van der Waals surface area (Å²) in [7, 11) is 0. The van der Waals surface area contributed by atoms with E-state index in [-0.39, 0.29) is 6.10 Å². The summed E-state index contributed by atoms with van der Waals surface area (Å²) in [5.74, 6) is 1.01. The van der Waals surface area contributed by atoms with E-state index in [0.29, 0.717) is 11.8 Å². The van der Waals surface area contributed by atoms with Gasteiger partial charge in [0.05, 0.1) is 6.10 Å². The van der Waals surface area contributed by atoms with E-state index in [0.717, 1.165) is 19.3 Å². The van der Waals surface area contributed by atoms with E-state index in [4.69, 9.17) is 0 Å². The molecule has 0 aromatic heterocycles. The quantitative estimate of drug-likeness (QED) is 0.784. The van der Waals surface area contributed by atoms with Crippen LogP contribution < -0.4 is 0 Å². The molecule has 0 bridgehead atoms. The molecule has 0 radical (unpaired) electrons. The lowest BCUT2D eigenvalue weighted by molar-refractivity contribution is 0.103. The highest BCUT2D eigenvalue weighted by atomic mass is 16.3. The van der Waals surface area contributed by atoms with E-state index in [1.165, 1.54) is 11.1 Å². The van der Waals surface area contributed by atoms with Crippen molar-refractivity contribution in [3.63, 3.8) is 0 Å². The highest BCUT2D eigenvalue weighted by molar-refractivity contribution is 5.25. The fourth-order valence-corrected chi connectivity index (χ4v) is 2.28. The molecule has 1 aromatic carbocycles. The van der Waals surface area contributed by atoms with Crippen LogP contribution in [-0.2, 0) is 6.42 Å². The van der Waals surface area contributed by atoms with Gasteiger partial charge >= 0.3 is 0 Å². The van der Waals surface area contributed by atoms with Gasteiger partial charge in [0.1, 0.15) is 0 Å². The Labute approximate surface area is 106 Å². The molecule has 1 nitrogen and oxygen atoms in total. The van der Waals surface area contributed by atoms with Crippen LogP contribution in [-0.4, -0.2) is 11.2 Å². The van der Waals surface area contributed by atoms with Gasteiger partial charge in [-0.25, -0.2) is 0 Å². The van der Waals surface area contributed by atoms with Crippen molar-refractivity contribution in [3.8, 4) is 0 Å². The van der Waals surface area contributed by atoms with E-state index < -0.39 is 0 Å². The third kappa shape index (κ3) is 4.16. The standard InChI is InChI=1S/C16H26O/c1-5-14(6-2)16(17)11-13-7-9-15(10-8-13)12(3)4/h7-10,12,14,16-17H,5-6,11H2,1-4H3. The summed E-state index contributed by atoms with van der Waals surface area (Å²) in [4.78, 5) is 0. The average Bonchev–Trinajstić information content (AvgIpc) is 2.31. The summed E-state index contributed by atoms with van der Waals surface area (Å²) in [6.45, 7) is 8.71. The number of hydrogen-bond acceptors (Lipinski definition) is 1. The molecule has 0 amide bonds. The number of aliphatic hydroxyl groups is 1. The molecule has 1 unspecified atom stereocenters. The third-order valence-corrected chi connectivity index (χ3v) is 3.68. The number of rotatable bonds is 6. The fraction of sp³-hybridized carbons (Fsp3) is 0.625. The molecule has 0 saturated carbocycles. The molecule has 0 heterocycles. The van der Waals surface area contributed by atoms with E-state index in [9.17, 15) is 5.11 Å². The van der Waals surface area contributed by atoms with Crippen molar-refractivity contribution in [3.05, 3.63) is 35.4 Å². The molecule has 1 rings (SSSR count). The predicted molar refractivity (Wildman–Crippen MR) is 74.3 cm³/mol. The Balaban J connectivity index is 2.62. The second kappa shape index (κ2) is 6.80. The molecule has 17 heavy (non-hydrogen) atoms. The second-order valence-electron chi connectivity index (χ2n) is 5.24. The van der Waals surface area contributed by atoms with Gasteiger partial charge in [-0.1, -0.05) is 64.8 Å².